The summed E-state index contributed by atoms with van der Waals surface area (Å²) in [5.41, 5.74) is 3.54. The molecule has 1 atom stereocenters. The fraction of sp³-hybridized carbons (Fsp3) is 0.312. The monoisotopic (exact) mass is 274 g/mol. The van der Waals surface area contributed by atoms with E-state index >= 15 is 0 Å². The van der Waals surface area contributed by atoms with E-state index in [4.69, 9.17) is 11.6 Å². The molecule has 0 aliphatic rings. The molecule has 0 aliphatic carbocycles. The minimum atomic E-state index is 0.0958. The van der Waals surface area contributed by atoms with E-state index in [9.17, 15) is 0 Å². The van der Waals surface area contributed by atoms with Crippen molar-refractivity contribution in [2.75, 3.05) is 7.05 Å². The Labute approximate surface area is 119 Å². The number of hydrogen-bond acceptors (Lipinski definition) is 2. The van der Waals surface area contributed by atoms with Gasteiger partial charge in [0.1, 0.15) is 0 Å². The number of rotatable bonds is 4. The highest BCUT2D eigenvalue weighted by Crippen LogP contribution is 2.23. The zero-order valence-corrected chi connectivity index (χ0v) is 12.3. The second kappa shape index (κ2) is 6.18. The van der Waals surface area contributed by atoms with Gasteiger partial charge in [0.15, 0.2) is 0 Å². The van der Waals surface area contributed by atoms with Crippen LogP contribution in [0.25, 0.3) is 0 Å². The Morgan fingerprint density at radius 2 is 1.63 bits per heavy atom. The lowest BCUT2D eigenvalue weighted by Gasteiger charge is -2.17. The molecule has 0 bridgehead atoms. The van der Waals surface area contributed by atoms with Crippen LogP contribution in [-0.4, -0.2) is 12.0 Å². The van der Waals surface area contributed by atoms with E-state index < -0.39 is 0 Å². The van der Waals surface area contributed by atoms with Crippen LogP contribution in [0.2, 0.25) is 5.02 Å². The summed E-state index contributed by atoms with van der Waals surface area (Å²) in [4.78, 5) is 4.39. The molecule has 1 aromatic carbocycles. The number of nitrogens with zero attached hydrogens (tertiary/aromatic N) is 1. The summed E-state index contributed by atoms with van der Waals surface area (Å²) in [5, 5.41) is 3.96. The Bertz CT molecular complexity index is 517. The minimum Gasteiger partial charge on any atom is -0.308 e. The molecule has 1 unspecified atom stereocenters. The van der Waals surface area contributed by atoms with Gasteiger partial charge in [0.25, 0.3) is 0 Å². The first-order chi connectivity index (χ1) is 9.11. The van der Waals surface area contributed by atoms with Gasteiger partial charge < -0.3 is 5.32 Å². The van der Waals surface area contributed by atoms with E-state index in [1.54, 1.807) is 6.20 Å². The standard InChI is InChI=1S/C16H19ClN2/c1-11(2)12-4-6-13(7-5-12)16(18-3)15-9-8-14(17)10-19-15/h4-11,16,18H,1-3H3. The van der Waals surface area contributed by atoms with E-state index in [0.717, 1.165) is 5.69 Å². The van der Waals surface area contributed by atoms with Crippen LogP contribution in [0.15, 0.2) is 42.6 Å². The van der Waals surface area contributed by atoms with E-state index in [2.05, 4.69) is 48.4 Å². The second-order valence-electron chi connectivity index (χ2n) is 4.94. The van der Waals surface area contributed by atoms with E-state index in [1.807, 2.05) is 19.2 Å². The van der Waals surface area contributed by atoms with Gasteiger partial charge in [0.2, 0.25) is 0 Å². The normalized spacial score (nSPS) is 12.7. The Morgan fingerprint density at radius 1 is 1.00 bits per heavy atom. The second-order valence-corrected chi connectivity index (χ2v) is 5.38. The fourth-order valence-electron chi connectivity index (χ4n) is 2.12. The highest BCUT2D eigenvalue weighted by molar-refractivity contribution is 6.30. The van der Waals surface area contributed by atoms with Crippen LogP contribution in [-0.2, 0) is 0 Å². The smallest absolute Gasteiger partial charge is 0.0748 e. The molecule has 1 aromatic heterocycles. The Balaban J connectivity index is 2.28. The molecule has 19 heavy (non-hydrogen) atoms. The summed E-state index contributed by atoms with van der Waals surface area (Å²) in [6, 6.07) is 12.6. The van der Waals surface area contributed by atoms with Crippen molar-refractivity contribution < 1.29 is 0 Å². The highest BCUT2D eigenvalue weighted by atomic mass is 35.5. The van der Waals surface area contributed by atoms with Crippen LogP contribution in [0, 0.1) is 0 Å². The average Bonchev–Trinajstić information content (AvgIpc) is 2.42. The quantitative estimate of drug-likeness (QED) is 0.905. The van der Waals surface area contributed by atoms with Gasteiger partial charge in [-0.25, -0.2) is 0 Å². The molecule has 2 nitrogen and oxygen atoms in total. The summed E-state index contributed by atoms with van der Waals surface area (Å²) < 4.78 is 0. The third kappa shape index (κ3) is 3.34. The minimum absolute atomic E-state index is 0.0958. The summed E-state index contributed by atoms with van der Waals surface area (Å²) in [5.74, 6) is 0.552. The van der Waals surface area contributed by atoms with Crippen LogP contribution in [0.1, 0.15) is 42.6 Å². The maximum Gasteiger partial charge on any atom is 0.0748 e. The fourth-order valence-corrected chi connectivity index (χ4v) is 2.23. The van der Waals surface area contributed by atoms with Crippen molar-refractivity contribution in [3.05, 3.63) is 64.4 Å². The van der Waals surface area contributed by atoms with Crippen molar-refractivity contribution in [1.29, 1.82) is 0 Å². The van der Waals surface area contributed by atoms with Crippen molar-refractivity contribution in [3.63, 3.8) is 0 Å². The number of halogens is 1. The molecule has 0 amide bonds. The molecule has 1 heterocycles. The number of benzene rings is 1. The first kappa shape index (κ1) is 14.0. The third-order valence-corrected chi connectivity index (χ3v) is 3.49. The third-order valence-electron chi connectivity index (χ3n) is 3.27. The van der Waals surface area contributed by atoms with Crippen LogP contribution >= 0.6 is 11.6 Å². The van der Waals surface area contributed by atoms with Gasteiger partial charge in [0.05, 0.1) is 16.8 Å². The predicted octanol–water partition coefficient (Wildman–Crippen LogP) is 4.17. The first-order valence-electron chi connectivity index (χ1n) is 6.50. The Kier molecular flexibility index (Phi) is 4.56. The summed E-state index contributed by atoms with van der Waals surface area (Å²) >= 11 is 5.88. The molecule has 0 aliphatic heterocycles. The van der Waals surface area contributed by atoms with Gasteiger partial charge >= 0.3 is 0 Å². The van der Waals surface area contributed by atoms with Crippen molar-refractivity contribution in [2.45, 2.75) is 25.8 Å². The van der Waals surface area contributed by atoms with Crippen LogP contribution in [0.3, 0.4) is 0 Å². The van der Waals surface area contributed by atoms with Crippen LogP contribution in [0.5, 0.6) is 0 Å². The molecule has 2 rings (SSSR count). The molecule has 0 radical (unpaired) electrons. The van der Waals surface area contributed by atoms with Gasteiger partial charge in [-0.3, -0.25) is 4.98 Å². The van der Waals surface area contributed by atoms with Crippen molar-refractivity contribution >= 4 is 11.6 Å². The molecule has 1 N–H and O–H groups in total. The predicted molar refractivity (Wildman–Crippen MR) is 80.7 cm³/mol. The SMILES string of the molecule is CNC(c1ccc(C(C)C)cc1)c1ccc(Cl)cn1. The molecule has 0 saturated heterocycles. The molecule has 0 saturated carbocycles. The van der Waals surface area contributed by atoms with E-state index in [1.165, 1.54) is 11.1 Å². The largest absolute Gasteiger partial charge is 0.308 e. The van der Waals surface area contributed by atoms with Gasteiger partial charge in [-0.15, -0.1) is 0 Å². The lowest BCUT2D eigenvalue weighted by atomic mass is 9.97. The number of pyridine rings is 1. The lowest BCUT2D eigenvalue weighted by Crippen LogP contribution is -2.18. The lowest BCUT2D eigenvalue weighted by molar-refractivity contribution is 0.670. The summed E-state index contributed by atoms with van der Waals surface area (Å²) in [6.07, 6.45) is 1.68. The molecular formula is C16H19ClN2. The molecule has 100 valence electrons. The van der Waals surface area contributed by atoms with Crippen molar-refractivity contribution in [1.82, 2.24) is 10.3 Å². The Hall–Kier alpha value is -1.38. The molecule has 0 fully saturated rings. The van der Waals surface area contributed by atoms with E-state index in [0.29, 0.717) is 10.9 Å². The van der Waals surface area contributed by atoms with Gasteiger partial charge in [-0.2, -0.15) is 0 Å². The molecule has 2 aromatic rings. The Morgan fingerprint density at radius 3 is 2.11 bits per heavy atom. The van der Waals surface area contributed by atoms with Crippen LogP contribution in [0.4, 0.5) is 0 Å². The number of aromatic nitrogens is 1. The molecule has 3 heteroatoms. The number of nitrogens with one attached hydrogen (secondary N) is 1. The maximum absolute atomic E-state index is 5.88. The summed E-state index contributed by atoms with van der Waals surface area (Å²) in [6.45, 7) is 4.40. The first-order valence-corrected chi connectivity index (χ1v) is 6.88. The van der Waals surface area contributed by atoms with E-state index in [-0.39, 0.29) is 6.04 Å². The molecule has 0 spiro atoms. The van der Waals surface area contributed by atoms with Gasteiger partial charge in [-0.1, -0.05) is 49.7 Å². The zero-order valence-electron chi connectivity index (χ0n) is 11.5. The van der Waals surface area contributed by atoms with Gasteiger partial charge in [-0.05, 0) is 36.2 Å². The maximum atomic E-state index is 5.88. The van der Waals surface area contributed by atoms with Crippen molar-refractivity contribution in [2.24, 2.45) is 0 Å². The van der Waals surface area contributed by atoms with Crippen LogP contribution < -0.4 is 5.32 Å². The zero-order chi connectivity index (χ0) is 13.8. The molecular weight excluding hydrogens is 256 g/mol. The number of hydrogen-bond donors (Lipinski definition) is 1. The topological polar surface area (TPSA) is 24.9 Å². The average molecular weight is 275 g/mol. The summed E-state index contributed by atoms with van der Waals surface area (Å²) in [7, 11) is 1.94. The highest BCUT2D eigenvalue weighted by Gasteiger charge is 2.13. The van der Waals surface area contributed by atoms with Crippen molar-refractivity contribution in [3.8, 4) is 0 Å². The van der Waals surface area contributed by atoms with Gasteiger partial charge in [0, 0.05) is 6.20 Å².